The Kier molecular flexibility index (Phi) is 5.87. The van der Waals surface area contributed by atoms with Crippen molar-refractivity contribution in [1.29, 1.82) is 0 Å². The molecule has 2 atom stereocenters. The van der Waals surface area contributed by atoms with Crippen LogP contribution in [-0.4, -0.2) is 46.1 Å². The molecule has 2 aromatic heterocycles. The predicted octanol–water partition coefficient (Wildman–Crippen LogP) is 4.40. The summed E-state index contributed by atoms with van der Waals surface area (Å²) in [7, 11) is 1.72. The Morgan fingerprint density at radius 1 is 1.24 bits per heavy atom. The molecule has 0 unspecified atom stereocenters. The lowest BCUT2D eigenvalue weighted by Gasteiger charge is -2.34. The van der Waals surface area contributed by atoms with E-state index >= 15 is 0 Å². The molecule has 0 aliphatic carbocycles. The highest BCUT2D eigenvalue weighted by Crippen LogP contribution is 2.41. The van der Waals surface area contributed by atoms with Crippen molar-refractivity contribution in [1.82, 2.24) is 19.8 Å². The van der Waals surface area contributed by atoms with Gasteiger partial charge in [0.15, 0.2) is 0 Å². The molecule has 1 amide bonds. The van der Waals surface area contributed by atoms with Crippen molar-refractivity contribution in [2.75, 3.05) is 20.2 Å². The van der Waals surface area contributed by atoms with Gasteiger partial charge in [-0.15, -0.1) is 0 Å². The van der Waals surface area contributed by atoms with Gasteiger partial charge in [-0.25, -0.2) is 0 Å². The van der Waals surface area contributed by atoms with Crippen LogP contribution in [0.4, 0.5) is 0 Å². The molecule has 6 nitrogen and oxygen atoms in total. The fraction of sp³-hybridized carbons (Fsp3) is 0.481. The first-order valence-electron chi connectivity index (χ1n) is 12.1. The largest absolute Gasteiger partial charge is 0.497 e. The number of carbonyl (C=O) groups is 1. The smallest absolute Gasteiger partial charge is 0.220 e. The van der Waals surface area contributed by atoms with E-state index in [4.69, 9.17) is 9.72 Å². The van der Waals surface area contributed by atoms with Gasteiger partial charge < -0.3 is 14.6 Å². The van der Waals surface area contributed by atoms with Crippen LogP contribution < -0.4 is 10.1 Å². The molecule has 2 aliphatic rings. The summed E-state index contributed by atoms with van der Waals surface area (Å²) in [5.74, 6) is 1.26. The average molecular weight is 447 g/mol. The van der Waals surface area contributed by atoms with Crippen LogP contribution in [-0.2, 0) is 17.9 Å². The lowest BCUT2D eigenvalue weighted by atomic mass is 9.81. The zero-order valence-corrected chi connectivity index (χ0v) is 19.9. The minimum Gasteiger partial charge on any atom is -0.497 e. The van der Waals surface area contributed by atoms with Crippen molar-refractivity contribution in [3.63, 3.8) is 0 Å². The summed E-state index contributed by atoms with van der Waals surface area (Å²) in [6.07, 6.45) is 5.53. The van der Waals surface area contributed by atoms with Crippen LogP contribution in [0.5, 0.6) is 5.75 Å². The third-order valence-corrected chi connectivity index (χ3v) is 7.68. The van der Waals surface area contributed by atoms with Crippen LogP contribution in [0.25, 0.3) is 10.9 Å². The topological polar surface area (TPSA) is 59.4 Å². The molecular weight excluding hydrogens is 412 g/mol. The zero-order valence-electron chi connectivity index (χ0n) is 19.9. The fourth-order valence-corrected chi connectivity index (χ4v) is 6.08. The van der Waals surface area contributed by atoms with Crippen molar-refractivity contribution in [3.05, 3.63) is 59.5 Å². The van der Waals surface area contributed by atoms with Gasteiger partial charge in [0, 0.05) is 67.0 Å². The Labute approximate surface area is 195 Å². The molecule has 33 heavy (non-hydrogen) atoms. The van der Waals surface area contributed by atoms with Crippen LogP contribution in [0.1, 0.15) is 55.5 Å². The highest BCUT2D eigenvalue weighted by atomic mass is 16.5. The van der Waals surface area contributed by atoms with E-state index in [1.54, 1.807) is 7.11 Å². The number of benzene rings is 1. The van der Waals surface area contributed by atoms with E-state index in [0.717, 1.165) is 56.9 Å². The first-order valence-corrected chi connectivity index (χ1v) is 12.1. The number of hydrogen-bond acceptors (Lipinski definition) is 4. The van der Waals surface area contributed by atoms with Crippen LogP contribution in [0.2, 0.25) is 0 Å². The standard InChI is InChI=1S/C27H34N4O2/c1-4-31-19(2)22(21-15-20(33-3)11-12-25(21)31)16-30-17-23(24-9-6-8-14-28-24)27(18-30)13-7-5-10-26(32)29-27/h6,8-9,11-12,14-15,23H,4-5,7,10,13,16-18H2,1-3H3,(H,29,32)/t23-,27+/m0/s1. The molecule has 3 aromatic rings. The highest BCUT2D eigenvalue weighted by molar-refractivity contribution is 5.87. The monoisotopic (exact) mass is 446 g/mol. The van der Waals surface area contributed by atoms with Crippen LogP contribution >= 0.6 is 0 Å². The lowest BCUT2D eigenvalue weighted by Crippen LogP contribution is -2.52. The molecule has 0 saturated carbocycles. The Morgan fingerprint density at radius 2 is 2.12 bits per heavy atom. The summed E-state index contributed by atoms with van der Waals surface area (Å²) < 4.78 is 7.93. The number of hydrogen-bond donors (Lipinski definition) is 1. The number of nitrogens with zero attached hydrogens (tertiary/aromatic N) is 3. The van der Waals surface area contributed by atoms with E-state index in [2.05, 4.69) is 52.9 Å². The van der Waals surface area contributed by atoms with Gasteiger partial charge >= 0.3 is 0 Å². The number of carbonyl (C=O) groups excluding carboxylic acids is 1. The van der Waals surface area contributed by atoms with E-state index in [-0.39, 0.29) is 17.4 Å². The molecule has 4 heterocycles. The quantitative estimate of drug-likeness (QED) is 0.631. The number of fused-ring (bicyclic) bond motifs is 1. The second kappa shape index (κ2) is 8.82. The first kappa shape index (κ1) is 22.0. The van der Waals surface area contributed by atoms with Gasteiger partial charge in [-0.2, -0.15) is 0 Å². The molecule has 2 aliphatic heterocycles. The number of ether oxygens (including phenoxy) is 1. The lowest BCUT2D eigenvalue weighted by molar-refractivity contribution is -0.122. The number of aromatic nitrogens is 2. The van der Waals surface area contributed by atoms with E-state index < -0.39 is 0 Å². The van der Waals surface area contributed by atoms with Crippen molar-refractivity contribution in [2.45, 2.75) is 64.1 Å². The van der Waals surface area contributed by atoms with E-state index in [1.165, 1.54) is 22.2 Å². The minimum absolute atomic E-state index is 0.179. The first-order chi connectivity index (χ1) is 16.0. The number of nitrogens with one attached hydrogen (secondary N) is 1. The van der Waals surface area contributed by atoms with E-state index in [0.29, 0.717) is 6.42 Å². The molecule has 1 N–H and O–H groups in total. The van der Waals surface area contributed by atoms with Gasteiger partial charge in [-0.3, -0.25) is 14.7 Å². The van der Waals surface area contributed by atoms with Crippen molar-refractivity contribution >= 4 is 16.8 Å². The molecule has 1 spiro atoms. The Bertz CT molecular complexity index is 1160. The number of likely N-dealkylation sites (tertiary alicyclic amines) is 1. The summed E-state index contributed by atoms with van der Waals surface area (Å²) in [6.45, 7) is 7.95. The highest BCUT2D eigenvalue weighted by Gasteiger charge is 2.49. The molecule has 0 radical (unpaired) electrons. The molecule has 2 fully saturated rings. The van der Waals surface area contributed by atoms with Crippen LogP contribution in [0, 0.1) is 6.92 Å². The van der Waals surface area contributed by atoms with Gasteiger partial charge in [0.05, 0.1) is 12.6 Å². The maximum Gasteiger partial charge on any atom is 0.220 e. The predicted molar refractivity (Wildman–Crippen MR) is 130 cm³/mol. The fourth-order valence-electron chi connectivity index (χ4n) is 6.08. The van der Waals surface area contributed by atoms with Gasteiger partial charge in [0.25, 0.3) is 0 Å². The van der Waals surface area contributed by atoms with Gasteiger partial charge in [-0.05, 0) is 62.6 Å². The summed E-state index contributed by atoms with van der Waals surface area (Å²) in [6, 6.07) is 12.5. The summed E-state index contributed by atoms with van der Waals surface area (Å²) in [4.78, 5) is 19.9. The van der Waals surface area contributed by atoms with Crippen molar-refractivity contribution in [3.8, 4) is 5.75 Å². The Morgan fingerprint density at radius 3 is 2.88 bits per heavy atom. The zero-order chi connectivity index (χ0) is 23.0. The molecule has 5 rings (SSSR count). The van der Waals surface area contributed by atoms with Gasteiger partial charge in [0.1, 0.15) is 5.75 Å². The third kappa shape index (κ3) is 3.90. The SMILES string of the molecule is CCn1c(C)c(CN2C[C@@H](c3ccccn3)[C@@]3(CCCCC(=O)N3)C2)c2cc(OC)ccc21. The molecule has 174 valence electrons. The van der Waals surface area contributed by atoms with Crippen LogP contribution in [0.15, 0.2) is 42.6 Å². The number of amides is 1. The number of methoxy groups -OCH3 is 1. The molecule has 2 saturated heterocycles. The molecule has 6 heteroatoms. The molecule has 1 aromatic carbocycles. The molecule has 0 bridgehead atoms. The van der Waals surface area contributed by atoms with E-state index in [1.807, 2.05) is 18.3 Å². The number of pyridine rings is 1. The van der Waals surface area contributed by atoms with Crippen molar-refractivity contribution in [2.24, 2.45) is 0 Å². The van der Waals surface area contributed by atoms with Crippen LogP contribution in [0.3, 0.4) is 0 Å². The summed E-state index contributed by atoms with van der Waals surface area (Å²) >= 11 is 0. The second-order valence-corrected chi connectivity index (χ2v) is 9.58. The van der Waals surface area contributed by atoms with Gasteiger partial charge in [-0.1, -0.05) is 12.5 Å². The van der Waals surface area contributed by atoms with Gasteiger partial charge in [0.2, 0.25) is 5.91 Å². The average Bonchev–Trinajstić information content (AvgIpc) is 3.23. The Balaban J connectivity index is 1.53. The maximum absolute atomic E-state index is 12.7. The minimum atomic E-state index is -0.253. The second-order valence-electron chi connectivity index (χ2n) is 9.58. The Hall–Kier alpha value is -2.86. The summed E-state index contributed by atoms with van der Waals surface area (Å²) in [5, 5.41) is 4.72. The maximum atomic E-state index is 12.7. The normalized spacial score (nSPS) is 23.7. The van der Waals surface area contributed by atoms with Crippen molar-refractivity contribution < 1.29 is 9.53 Å². The summed E-state index contributed by atoms with van der Waals surface area (Å²) in [5.41, 5.74) is 4.74. The number of aryl methyl sites for hydroxylation is 1. The van der Waals surface area contributed by atoms with E-state index in [9.17, 15) is 4.79 Å². The molecular formula is C27H34N4O2. The third-order valence-electron chi connectivity index (χ3n) is 7.68. The number of rotatable bonds is 5.